The molecule has 0 fully saturated rings. The molecule has 110 valence electrons. The fourth-order valence-electron chi connectivity index (χ4n) is 2.07. The van der Waals surface area contributed by atoms with Gasteiger partial charge in [-0.3, -0.25) is 4.98 Å². The molecule has 0 amide bonds. The van der Waals surface area contributed by atoms with Gasteiger partial charge in [-0.25, -0.2) is 9.78 Å². The molecule has 2 heterocycles. The van der Waals surface area contributed by atoms with E-state index in [0.29, 0.717) is 12.1 Å². The predicted octanol–water partition coefficient (Wildman–Crippen LogP) is 2.85. The van der Waals surface area contributed by atoms with E-state index in [1.165, 1.54) is 0 Å². The van der Waals surface area contributed by atoms with Gasteiger partial charge in [-0.1, -0.05) is 6.92 Å². The van der Waals surface area contributed by atoms with Gasteiger partial charge in [0.05, 0.1) is 16.1 Å². The lowest BCUT2D eigenvalue weighted by atomic mass is 10.2. The van der Waals surface area contributed by atoms with Gasteiger partial charge < -0.3 is 4.90 Å². The minimum Gasteiger partial charge on any atom is -0.304 e. The molecule has 2 aromatic rings. The molecule has 0 N–H and O–H groups in total. The highest BCUT2D eigenvalue weighted by atomic mass is 32.1. The van der Waals surface area contributed by atoms with Crippen molar-refractivity contribution in [2.24, 2.45) is 0 Å². The first-order valence-electron chi connectivity index (χ1n) is 6.87. The Balaban J connectivity index is 2.40. The molecule has 0 aliphatic carbocycles. The Morgan fingerprint density at radius 1 is 1.43 bits per heavy atom. The standard InChI is InChI=1S/C16H19N3OS/c1-5-14-8-12(6-7-17-14)16-18-11(2)15(21-16)13(10-20)9-19(3)4/h6-8H,5,9H2,1-4H3. The van der Waals surface area contributed by atoms with Crippen molar-refractivity contribution < 1.29 is 4.79 Å². The SMILES string of the molecule is CCc1cc(-c2nc(C)c(C(=C=O)CN(C)C)s2)ccn1. The van der Waals surface area contributed by atoms with Gasteiger partial charge in [0.25, 0.3) is 0 Å². The summed E-state index contributed by atoms with van der Waals surface area (Å²) < 4.78 is 0. The van der Waals surface area contributed by atoms with Crippen LogP contribution in [0.5, 0.6) is 0 Å². The van der Waals surface area contributed by atoms with E-state index in [-0.39, 0.29) is 0 Å². The third kappa shape index (κ3) is 3.64. The lowest BCUT2D eigenvalue weighted by Crippen LogP contribution is -2.14. The Morgan fingerprint density at radius 2 is 2.19 bits per heavy atom. The van der Waals surface area contributed by atoms with Crippen LogP contribution in [0.1, 0.15) is 23.2 Å². The zero-order valence-corrected chi connectivity index (χ0v) is 13.6. The first-order chi connectivity index (χ1) is 10.0. The molecule has 0 radical (unpaired) electrons. The number of aromatic nitrogens is 2. The van der Waals surface area contributed by atoms with E-state index < -0.39 is 0 Å². The minimum absolute atomic E-state index is 0.572. The molecule has 5 heteroatoms. The molecule has 4 nitrogen and oxygen atoms in total. The number of carbonyl (C=O) groups excluding carboxylic acids is 1. The Kier molecular flexibility index (Phi) is 5.02. The van der Waals surface area contributed by atoms with Crippen molar-refractivity contribution in [3.8, 4) is 10.6 Å². The second kappa shape index (κ2) is 6.76. The largest absolute Gasteiger partial charge is 0.304 e. The summed E-state index contributed by atoms with van der Waals surface area (Å²) in [6, 6.07) is 4.01. The summed E-state index contributed by atoms with van der Waals surface area (Å²) in [5.74, 6) is 2.06. The summed E-state index contributed by atoms with van der Waals surface area (Å²) in [7, 11) is 3.87. The van der Waals surface area contributed by atoms with E-state index >= 15 is 0 Å². The van der Waals surface area contributed by atoms with Crippen LogP contribution in [0.3, 0.4) is 0 Å². The Hall–Kier alpha value is -1.81. The molecule has 0 aromatic carbocycles. The Morgan fingerprint density at radius 3 is 2.81 bits per heavy atom. The molecule has 0 atom stereocenters. The average molecular weight is 301 g/mol. The monoisotopic (exact) mass is 301 g/mol. The maximum absolute atomic E-state index is 11.2. The van der Waals surface area contributed by atoms with Crippen LogP contribution in [0.25, 0.3) is 16.1 Å². The number of pyridine rings is 1. The quantitative estimate of drug-likeness (QED) is 0.797. The van der Waals surface area contributed by atoms with Gasteiger partial charge in [-0.2, -0.15) is 0 Å². The Bertz CT molecular complexity index is 685. The Labute approximate surface area is 129 Å². The topological polar surface area (TPSA) is 46.1 Å². The predicted molar refractivity (Wildman–Crippen MR) is 87.1 cm³/mol. The van der Waals surface area contributed by atoms with Gasteiger partial charge in [-0.15, -0.1) is 11.3 Å². The number of thiazole rings is 1. The van der Waals surface area contributed by atoms with Crippen molar-refractivity contribution in [1.29, 1.82) is 0 Å². The van der Waals surface area contributed by atoms with E-state index in [2.05, 4.69) is 28.9 Å². The number of hydrogen-bond donors (Lipinski definition) is 0. The van der Waals surface area contributed by atoms with E-state index in [1.54, 1.807) is 17.5 Å². The highest BCUT2D eigenvalue weighted by Gasteiger charge is 2.15. The maximum atomic E-state index is 11.2. The van der Waals surface area contributed by atoms with Crippen molar-refractivity contribution in [1.82, 2.24) is 14.9 Å². The highest BCUT2D eigenvalue weighted by Crippen LogP contribution is 2.31. The molecular weight excluding hydrogens is 282 g/mol. The highest BCUT2D eigenvalue weighted by molar-refractivity contribution is 7.16. The fourth-order valence-corrected chi connectivity index (χ4v) is 3.11. The lowest BCUT2D eigenvalue weighted by Gasteiger charge is -2.08. The second-order valence-electron chi connectivity index (χ2n) is 5.14. The molecule has 0 saturated carbocycles. The summed E-state index contributed by atoms with van der Waals surface area (Å²) in [5.41, 5.74) is 3.63. The molecule has 0 spiro atoms. The summed E-state index contributed by atoms with van der Waals surface area (Å²) in [4.78, 5) is 23.0. The van der Waals surface area contributed by atoms with Gasteiger partial charge >= 0.3 is 0 Å². The second-order valence-corrected chi connectivity index (χ2v) is 6.14. The van der Waals surface area contributed by atoms with Crippen molar-refractivity contribution in [3.05, 3.63) is 34.6 Å². The minimum atomic E-state index is 0.572. The number of aryl methyl sites for hydroxylation is 2. The smallest absolute Gasteiger partial charge is 0.130 e. The fraction of sp³-hybridized carbons (Fsp3) is 0.375. The summed E-state index contributed by atoms with van der Waals surface area (Å²) in [5, 5.41) is 0.922. The van der Waals surface area contributed by atoms with Crippen molar-refractivity contribution in [2.45, 2.75) is 20.3 Å². The van der Waals surface area contributed by atoms with Crippen LogP contribution in [0.15, 0.2) is 18.3 Å². The number of hydrogen-bond acceptors (Lipinski definition) is 5. The number of likely N-dealkylation sites (N-methyl/N-ethyl adjacent to an activating group) is 1. The molecule has 0 unspecified atom stereocenters. The first kappa shape index (κ1) is 15.6. The van der Waals surface area contributed by atoms with Crippen LogP contribution in [0.4, 0.5) is 0 Å². The van der Waals surface area contributed by atoms with E-state index in [0.717, 1.165) is 33.3 Å². The average Bonchev–Trinajstić information content (AvgIpc) is 2.86. The molecule has 2 aromatic heterocycles. The van der Waals surface area contributed by atoms with Gasteiger partial charge in [0, 0.05) is 24.0 Å². The third-order valence-corrected chi connectivity index (χ3v) is 4.36. The van der Waals surface area contributed by atoms with Gasteiger partial charge in [0.1, 0.15) is 10.9 Å². The van der Waals surface area contributed by atoms with Crippen molar-refractivity contribution in [3.63, 3.8) is 0 Å². The van der Waals surface area contributed by atoms with Gasteiger partial charge in [-0.05, 0) is 39.6 Å². The molecule has 2 rings (SSSR count). The van der Waals surface area contributed by atoms with Crippen LogP contribution in [-0.2, 0) is 11.2 Å². The van der Waals surface area contributed by atoms with Crippen LogP contribution in [-0.4, -0.2) is 41.4 Å². The molecule has 0 bridgehead atoms. The summed E-state index contributed by atoms with van der Waals surface area (Å²) in [6.45, 7) is 4.59. The zero-order chi connectivity index (χ0) is 15.4. The molecule has 0 saturated heterocycles. The molecule has 0 aliphatic heterocycles. The van der Waals surface area contributed by atoms with Crippen LogP contribution in [0, 0.1) is 6.92 Å². The van der Waals surface area contributed by atoms with E-state index in [4.69, 9.17) is 0 Å². The normalized spacial score (nSPS) is 10.7. The van der Waals surface area contributed by atoms with Crippen LogP contribution < -0.4 is 0 Å². The van der Waals surface area contributed by atoms with E-state index in [9.17, 15) is 4.79 Å². The van der Waals surface area contributed by atoms with Crippen LogP contribution >= 0.6 is 11.3 Å². The molecular formula is C16H19N3OS. The maximum Gasteiger partial charge on any atom is 0.130 e. The van der Waals surface area contributed by atoms with E-state index in [1.807, 2.05) is 32.0 Å². The molecule has 21 heavy (non-hydrogen) atoms. The van der Waals surface area contributed by atoms with Gasteiger partial charge in [0.2, 0.25) is 0 Å². The zero-order valence-electron chi connectivity index (χ0n) is 12.8. The summed E-state index contributed by atoms with van der Waals surface area (Å²) >= 11 is 1.54. The number of rotatable bonds is 5. The lowest BCUT2D eigenvalue weighted by molar-refractivity contribution is 0.463. The number of nitrogens with zero attached hydrogens (tertiary/aromatic N) is 3. The molecule has 0 aliphatic rings. The summed E-state index contributed by atoms with van der Waals surface area (Å²) in [6.07, 6.45) is 2.70. The van der Waals surface area contributed by atoms with Crippen molar-refractivity contribution in [2.75, 3.05) is 20.6 Å². The first-order valence-corrected chi connectivity index (χ1v) is 7.68. The van der Waals surface area contributed by atoms with Crippen molar-refractivity contribution >= 4 is 22.9 Å². The van der Waals surface area contributed by atoms with Crippen LogP contribution in [0.2, 0.25) is 0 Å². The third-order valence-electron chi connectivity index (χ3n) is 3.09. The van der Waals surface area contributed by atoms with Gasteiger partial charge in [0.15, 0.2) is 0 Å².